The van der Waals surface area contributed by atoms with E-state index in [2.05, 4.69) is 20.1 Å². The van der Waals surface area contributed by atoms with E-state index in [1.807, 2.05) is 0 Å². The topological polar surface area (TPSA) is 112 Å². The number of nitrogens with zero attached hydrogens (tertiary/aromatic N) is 5. The zero-order chi connectivity index (χ0) is 24.2. The first-order chi connectivity index (χ1) is 16.4. The second-order valence-electron chi connectivity index (χ2n) is 7.63. The highest BCUT2D eigenvalue weighted by molar-refractivity contribution is 6.29. The molecule has 3 aromatic heterocycles. The van der Waals surface area contributed by atoms with Gasteiger partial charge in [0.1, 0.15) is 11.6 Å². The molecule has 34 heavy (non-hydrogen) atoms. The first kappa shape index (κ1) is 24.1. The van der Waals surface area contributed by atoms with E-state index in [1.54, 1.807) is 0 Å². The van der Waals surface area contributed by atoms with Crippen molar-refractivity contribution in [1.82, 2.24) is 29.2 Å². The zero-order valence-electron chi connectivity index (χ0n) is 17.9. The molecule has 4 aromatic rings. The maximum absolute atomic E-state index is 13.8. The van der Waals surface area contributed by atoms with Crippen LogP contribution in [0.15, 0.2) is 32.3 Å². The molecule has 0 aliphatic heterocycles. The van der Waals surface area contributed by atoms with E-state index < -0.39 is 22.9 Å². The Morgan fingerprint density at radius 1 is 1.06 bits per heavy atom. The van der Waals surface area contributed by atoms with Crippen LogP contribution in [-0.2, 0) is 25.9 Å². The molecule has 0 fully saturated rings. The lowest BCUT2D eigenvalue weighted by Gasteiger charge is -2.10. The first-order valence-corrected chi connectivity index (χ1v) is 11.5. The highest BCUT2D eigenvalue weighted by Gasteiger charge is 2.17. The molecule has 0 radical (unpaired) electrons. The smallest absolute Gasteiger partial charge is 0.332 e. The number of alkyl halides is 1. The molecule has 13 heteroatoms. The van der Waals surface area contributed by atoms with Crippen molar-refractivity contribution in [2.24, 2.45) is 0 Å². The maximum atomic E-state index is 13.8. The van der Waals surface area contributed by atoms with Gasteiger partial charge in [-0.05, 0) is 42.5 Å². The van der Waals surface area contributed by atoms with E-state index in [4.69, 9.17) is 27.7 Å². The van der Waals surface area contributed by atoms with Gasteiger partial charge < -0.3 is 9.51 Å². The number of nitrogens with one attached hydrogen (secondary N) is 1. The van der Waals surface area contributed by atoms with Gasteiger partial charge >= 0.3 is 5.69 Å². The number of aryl methyl sites for hydroxylation is 2. The Labute approximate surface area is 201 Å². The fraction of sp³-hybridized carbons (Fsp3) is 0.381. The van der Waals surface area contributed by atoms with Gasteiger partial charge in [0.2, 0.25) is 11.2 Å². The highest BCUT2D eigenvalue weighted by atomic mass is 35.5. The summed E-state index contributed by atoms with van der Waals surface area (Å²) < 4.78 is 34.6. The van der Waals surface area contributed by atoms with Gasteiger partial charge in [0, 0.05) is 37.9 Å². The molecule has 0 aliphatic rings. The average molecular weight is 513 g/mol. The molecule has 1 N–H and O–H groups in total. The van der Waals surface area contributed by atoms with E-state index in [0.29, 0.717) is 38.1 Å². The number of rotatable bonds is 10. The molecular formula is C21H20Cl2F2N6O3. The predicted molar refractivity (Wildman–Crippen MR) is 121 cm³/mol. The third kappa shape index (κ3) is 5.20. The van der Waals surface area contributed by atoms with Crippen molar-refractivity contribution in [3.63, 3.8) is 0 Å². The number of halogens is 4. The van der Waals surface area contributed by atoms with Crippen LogP contribution >= 0.6 is 23.2 Å². The Morgan fingerprint density at radius 3 is 2.62 bits per heavy atom. The van der Waals surface area contributed by atoms with Crippen molar-refractivity contribution < 1.29 is 13.3 Å². The molecule has 180 valence electrons. The molecule has 0 unspecified atom stereocenters. The summed E-state index contributed by atoms with van der Waals surface area (Å²) in [6.45, 7) is 0.445. The van der Waals surface area contributed by atoms with E-state index in [-0.39, 0.29) is 46.7 Å². The van der Waals surface area contributed by atoms with Crippen LogP contribution in [0.25, 0.3) is 11.2 Å². The van der Waals surface area contributed by atoms with Crippen LogP contribution in [0.5, 0.6) is 0 Å². The van der Waals surface area contributed by atoms with Crippen molar-refractivity contribution in [1.29, 1.82) is 0 Å². The van der Waals surface area contributed by atoms with Crippen molar-refractivity contribution in [2.45, 2.75) is 45.2 Å². The largest absolute Gasteiger partial charge is 0.339 e. The van der Waals surface area contributed by atoms with Crippen molar-refractivity contribution >= 4 is 34.4 Å². The Balaban J connectivity index is 1.47. The van der Waals surface area contributed by atoms with Crippen LogP contribution in [0, 0.1) is 11.6 Å². The summed E-state index contributed by atoms with van der Waals surface area (Å²) in [5.74, 6) is -0.383. The Kier molecular flexibility index (Phi) is 7.42. The standard InChI is InChI=1S/C21H20Cl2F2N6O3/c22-7-1-2-8-30-18-17(27-20(23)28-18)19(32)31(21(30)33)9-3-4-16-26-15(29-34-16)10-12-5-6-13(24)11-14(12)25/h5-6,11H,1-4,7-10H2,(H,27,28). The fourth-order valence-corrected chi connectivity index (χ4v) is 3.95. The van der Waals surface area contributed by atoms with E-state index in [9.17, 15) is 18.4 Å². The molecule has 9 nitrogen and oxygen atoms in total. The Hall–Kier alpha value is -3.05. The molecule has 0 bridgehead atoms. The monoisotopic (exact) mass is 512 g/mol. The molecule has 1 aromatic carbocycles. The predicted octanol–water partition coefficient (Wildman–Crippen LogP) is 3.44. The lowest BCUT2D eigenvalue weighted by Crippen LogP contribution is -2.40. The molecule has 0 saturated heterocycles. The number of aromatic amines is 1. The van der Waals surface area contributed by atoms with Gasteiger partial charge in [0.05, 0.1) is 0 Å². The number of fused-ring (bicyclic) bond motifs is 1. The summed E-state index contributed by atoms with van der Waals surface area (Å²) in [4.78, 5) is 36.8. The van der Waals surface area contributed by atoms with Gasteiger partial charge in [-0.25, -0.2) is 13.6 Å². The quantitative estimate of drug-likeness (QED) is 0.198. The Morgan fingerprint density at radius 2 is 1.85 bits per heavy atom. The van der Waals surface area contributed by atoms with Gasteiger partial charge in [-0.1, -0.05) is 11.2 Å². The summed E-state index contributed by atoms with van der Waals surface area (Å²) in [6.07, 6.45) is 2.03. The number of H-pyrrole nitrogens is 1. The number of unbranched alkanes of at least 4 members (excludes halogenated alkanes) is 1. The van der Waals surface area contributed by atoms with Crippen LogP contribution < -0.4 is 11.2 Å². The zero-order valence-corrected chi connectivity index (χ0v) is 19.4. The lowest BCUT2D eigenvalue weighted by molar-refractivity contribution is 0.367. The van der Waals surface area contributed by atoms with Gasteiger partial charge in [0.15, 0.2) is 17.0 Å². The first-order valence-electron chi connectivity index (χ1n) is 10.6. The van der Waals surface area contributed by atoms with Gasteiger partial charge in [-0.15, -0.1) is 11.6 Å². The van der Waals surface area contributed by atoms with Crippen molar-refractivity contribution in [3.8, 4) is 0 Å². The second kappa shape index (κ2) is 10.5. The molecule has 3 heterocycles. The molecule has 4 rings (SSSR count). The summed E-state index contributed by atoms with van der Waals surface area (Å²) in [7, 11) is 0. The van der Waals surface area contributed by atoms with Gasteiger partial charge in [-0.2, -0.15) is 9.97 Å². The molecule has 0 spiro atoms. The van der Waals surface area contributed by atoms with Crippen LogP contribution in [0.1, 0.15) is 36.5 Å². The minimum absolute atomic E-state index is 0.0197. The number of hydrogen-bond acceptors (Lipinski definition) is 6. The van der Waals surface area contributed by atoms with Crippen LogP contribution in [0.4, 0.5) is 8.78 Å². The third-order valence-corrected chi connectivity index (χ3v) is 5.69. The van der Waals surface area contributed by atoms with Crippen molar-refractivity contribution in [3.05, 3.63) is 73.2 Å². The summed E-state index contributed by atoms with van der Waals surface area (Å²) >= 11 is 11.7. The third-order valence-electron chi connectivity index (χ3n) is 5.24. The molecule has 0 saturated carbocycles. The van der Waals surface area contributed by atoms with Gasteiger partial charge in [-0.3, -0.25) is 13.9 Å². The highest BCUT2D eigenvalue weighted by Crippen LogP contribution is 2.14. The molecular weight excluding hydrogens is 493 g/mol. The number of hydrogen-bond donors (Lipinski definition) is 1. The van der Waals surface area contributed by atoms with Crippen molar-refractivity contribution in [2.75, 3.05) is 5.88 Å². The maximum Gasteiger partial charge on any atom is 0.332 e. The minimum Gasteiger partial charge on any atom is -0.339 e. The van der Waals surface area contributed by atoms with Gasteiger partial charge in [0.25, 0.3) is 5.56 Å². The summed E-state index contributed by atoms with van der Waals surface area (Å²) in [5.41, 5.74) is -0.418. The number of aromatic nitrogens is 6. The Bertz CT molecular complexity index is 1430. The molecule has 0 amide bonds. The second-order valence-corrected chi connectivity index (χ2v) is 8.37. The number of benzene rings is 1. The van der Waals surface area contributed by atoms with Crippen LogP contribution in [-0.4, -0.2) is 35.1 Å². The number of imidazole rings is 1. The molecule has 0 atom stereocenters. The summed E-state index contributed by atoms with van der Waals surface area (Å²) in [5, 5.41) is 3.84. The SMILES string of the molecule is O=c1c2[nH]c(Cl)nc2n(CCCCCl)c(=O)n1CCCc1nc(Cc2ccc(F)cc2F)no1. The lowest BCUT2D eigenvalue weighted by atomic mass is 10.1. The average Bonchev–Trinajstić information content (AvgIpc) is 3.41. The van der Waals surface area contributed by atoms with E-state index >= 15 is 0 Å². The molecule has 0 aliphatic carbocycles. The van der Waals surface area contributed by atoms with Crippen LogP contribution in [0.3, 0.4) is 0 Å². The fourth-order valence-electron chi connectivity index (χ4n) is 3.59. The normalized spacial score (nSPS) is 11.5. The minimum atomic E-state index is -0.692. The van der Waals surface area contributed by atoms with E-state index in [0.717, 1.165) is 16.7 Å². The van der Waals surface area contributed by atoms with E-state index in [1.165, 1.54) is 10.6 Å². The summed E-state index contributed by atoms with van der Waals surface area (Å²) in [6, 6.07) is 3.27. The van der Waals surface area contributed by atoms with Crippen LogP contribution in [0.2, 0.25) is 5.28 Å².